The van der Waals surface area contributed by atoms with E-state index in [1.165, 1.54) is 44.4 Å². The first-order valence-corrected chi connectivity index (χ1v) is 9.84. The molecule has 2 fully saturated rings. The summed E-state index contributed by atoms with van der Waals surface area (Å²) in [4.78, 5) is 23.3. The van der Waals surface area contributed by atoms with E-state index in [4.69, 9.17) is 0 Å². The highest BCUT2D eigenvalue weighted by molar-refractivity contribution is 7.99. The molecule has 2 aromatic rings. The van der Waals surface area contributed by atoms with E-state index < -0.39 is 0 Å². The Balaban J connectivity index is 1.33. The van der Waals surface area contributed by atoms with Crippen molar-refractivity contribution in [1.82, 2.24) is 14.8 Å². The summed E-state index contributed by atoms with van der Waals surface area (Å²) >= 11 is 1.44. The first kappa shape index (κ1) is 17.1. The van der Waals surface area contributed by atoms with Crippen LogP contribution in [0.5, 0.6) is 0 Å². The average Bonchev–Trinajstić information content (AvgIpc) is 3.53. The van der Waals surface area contributed by atoms with Gasteiger partial charge in [0.2, 0.25) is 11.8 Å². The van der Waals surface area contributed by atoms with E-state index in [-0.39, 0.29) is 11.8 Å². The van der Waals surface area contributed by atoms with E-state index >= 15 is 0 Å². The Morgan fingerprint density at radius 2 is 1.73 bits per heavy atom. The SMILES string of the molecule is CC(=O)Nc1ccc(NC(=O)CSc2nnc(C3CC3)n2C2CC2)cc1. The summed E-state index contributed by atoms with van der Waals surface area (Å²) in [6.07, 6.45) is 4.76. The van der Waals surface area contributed by atoms with Crippen molar-refractivity contribution in [1.29, 1.82) is 0 Å². The van der Waals surface area contributed by atoms with Crippen LogP contribution >= 0.6 is 11.8 Å². The Labute approximate surface area is 155 Å². The molecule has 0 saturated heterocycles. The van der Waals surface area contributed by atoms with Gasteiger partial charge in [-0.1, -0.05) is 11.8 Å². The van der Waals surface area contributed by atoms with Crippen molar-refractivity contribution in [2.75, 3.05) is 16.4 Å². The van der Waals surface area contributed by atoms with E-state index in [2.05, 4.69) is 25.4 Å². The standard InChI is InChI=1S/C18H21N5O2S/c1-11(24)19-13-4-6-14(7-5-13)20-16(25)10-26-18-22-21-17(12-2-3-12)23(18)15-8-9-15/h4-7,12,15H,2-3,8-10H2,1H3,(H,19,24)(H,20,25). The molecule has 1 aromatic carbocycles. The first-order chi connectivity index (χ1) is 12.6. The minimum absolute atomic E-state index is 0.0828. The lowest BCUT2D eigenvalue weighted by molar-refractivity contribution is -0.114. The third-order valence-electron chi connectivity index (χ3n) is 4.37. The van der Waals surface area contributed by atoms with Crippen LogP contribution in [0.15, 0.2) is 29.4 Å². The van der Waals surface area contributed by atoms with Crippen LogP contribution in [0, 0.1) is 0 Å². The highest BCUT2D eigenvalue weighted by Crippen LogP contribution is 2.45. The smallest absolute Gasteiger partial charge is 0.234 e. The maximum Gasteiger partial charge on any atom is 0.234 e. The third-order valence-corrected chi connectivity index (χ3v) is 5.31. The van der Waals surface area contributed by atoms with Gasteiger partial charge in [-0.3, -0.25) is 9.59 Å². The largest absolute Gasteiger partial charge is 0.326 e. The van der Waals surface area contributed by atoms with Gasteiger partial charge >= 0.3 is 0 Å². The van der Waals surface area contributed by atoms with Gasteiger partial charge < -0.3 is 15.2 Å². The third kappa shape index (κ3) is 4.07. The Kier molecular flexibility index (Phi) is 4.67. The van der Waals surface area contributed by atoms with Crippen molar-refractivity contribution >= 4 is 35.0 Å². The molecule has 2 aliphatic carbocycles. The number of thioether (sulfide) groups is 1. The fourth-order valence-corrected chi connectivity index (χ4v) is 3.66. The van der Waals surface area contributed by atoms with Crippen molar-refractivity contribution in [3.05, 3.63) is 30.1 Å². The average molecular weight is 371 g/mol. The quantitative estimate of drug-likeness (QED) is 0.730. The molecular formula is C18H21N5O2S. The molecule has 2 aliphatic rings. The van der Waals surface area contributed by atoms with E-state index in [0.717, 1.165) is 11.0 Å². The van der Waals surface area contributed by atoms with Gasteiger partial charge in [-0.25, -0.2) is 0 Å². The summed E-state index contributed by atoms with van der Waals surface area (Å²) in [5, 5.41) is 15.1. The predicted octanol–water partition coefficient (Wildman–Crippen LogP) is 3.18. The van der Waals surface area contributed by atoms with E-state index in [0.29, 0.717) is 29.1 Å². The second-order valence-corrected chi connectivity index (χ2v) is 7.75. The number of hydrogen-bond acceptors (Lipinski definition) is 5. The van der Waals surface area contributed by atoms with Gasteiger partial charge in [0.05, 0.1) is 5.75 Å². The number of carbonyl (C=O) groups excluding carboxylic acids is 2. The van der Waals surface area contributed by atoms with Crippen LogP contribution < -0.4 is 10.6 Å². The minimum Gasteiger partial charge on any atom is -0.326 e. The van der Waals surface area contributed by atoms with Gasteiger partial charge in [0.15, 0.2) is 5.16 Å². The molecule has 8 heteroatoms. The summed E-state index contributed by atoms with van der Waals surface area (Å²) in [6, 6.07) is 7.58. The van der Waals surface area contributed by atoms with Gasteiger partial charge in [-0.15, -0.1) is 10.2 Å². The lowest BCUT2D eigenvalue weighted by atomic mass is 10.3. The molecule has 2 saturated carbocycles. The van der Waals surface area contributed by atoms with Gasteiger partial charge in [-0.05, 0) is 49.9 Å². The number of benzene rings is 1. The van der Waals surface area contributed by atoms with Crippen LogP contribution in [0.2, 0.25) is 0 Å². The van der Waals surface area contributed by atoms with Crippen molar-refractivity contribution < 1.29 is 9.59 Å². The number of rotatable bonds is 7. The van der Waals surface area contributed by atoms with Crippen molar-refractivity contribution in [3.63, 3.8) is 0 Å². The van der Waals surface area contributed by atoms with Crippen LogP contribution in [0.1, 0.15) is 50.4 Å². The Morgan fingerprint density at radius 1 is 1.08 bits per heavy atom. The van der Waals surface area contributed by atoms with E-state index in [1.807, 2.05) is 0 Å². The lowest BCUT2D eigenvalue weighted by Crippen LogP contribution is -2.15. The molecule has 7 nitrogen and oxygen atoms in total. The molecule has 0 unspecified atom stereocenters. The van der Waals surface area contributed by atoms with Crippen LogP contribution in [-0.4, -0.2) is 32.3 Å². The number of amides is 2. The molecule has 2 amide bonds. The van der Waals surface area contributed by atoms with Crippen LogP contribution in [0.4, 0.5) is 11.4 Å². The van der Waals surface area contributed by atoms with E-state index in [1.54, 1.807) is 24.3 Å². The maximum atomic E-state index is 12.2. The van der Waals surface area contributed by atoms with Crippen LogP contribution in [0.25, 0.3) is 0 Å². The monoisotopic (exact) mass is 371 g/mol. The number of carbonyl (C=O) groups is 2. The van der Waals surface area contributed by atoms with Crippen molar-refractivity contribution in [2.24, 2.45) is 0 Å². The second kappa shape index (κ2) is 7.11. The Hall–Kier alpha value is -2.35. The zero-order valence-electron chi connectivity index (χ0n) is 14.6. The molecule has 1 heterocycles. The normalized spacial score (nSPS) is 16.3. The molecule has 0 bridgehead atoms. The Bertz CT molecular complexity index is 825. The molecule has 0 radical (unpaired) electrons. The number of nitrogens with one attached hydrogen (secondary N) is 2. The van der Waals surface area contributed by atoms with Gasteiger partial charge in [-0.2, -0.15) is 0 Å². The summed E-state index contributed by atoms with van der Waals surface area (Å²) in [6.45, 7) is 1.46. The van der Waals surface area contributed by atoms with Gasteiger partial charge in [0.25, 0.3) is 0 Å². The highest BCUT2D eigenvalue weighted by atomic mass is 32.2. The Morgan fingerprint density at radius 3 is 2.31 bits per heavy atom. The molecule has 136 valence electrons. The molecule has 1 aromatic heterocycles. The molecule has 4 rings (SSSR count). The van der Waals surface area contributed by atoms with Crippen molar-refractivity contribution in [2.45, 2.75) is 49.7 Å². The minimum atomic E-state index is -0.122. The fraction of sp³-hybridized carbons (Fsp3) is 0.444. The predicted molar refractivity (Wildman–Crippen MR) is 100 cm³/mol. The number of nitrogens with zero attached hydrogens (tertiary/aromatic N) is 3. The zero-order chi connectivity index (χ0) is 18.1. The molecule has 0 spiro atoms. The molecule has 0 aliphatic heterocycles. The fourth-order valence-electron chi connectivity index (χ4n) is 2.85. The zero-order valence-corrected chi connectivity index (χ0v) is 15.4. The second-order valence-electron chi connectivity index (χ2n) is 6.81. The molecule has 2 N–H and O–H groups in total. The summed E-state index contributed by atoms with van der Waals surface area (Å²) in [7, 11) is 0. The van der Waals surface area contributed by atoms with E-state index in [9.17, 15) is 9.59 Å². The number of anilines is 2. The lowest BCUT2D eigenvalue weighted by Gasteiger charge is -2.09. The molecular weight excluding hydrogens is 350 g/mol. The summed E-state index contributed by atoms with van der Waals surface area (Å²) in [5.74, 6) is 1.75. The number of aromatic nitrogens is 3. The number of hydrogen-bond donors (Lipinski definition) is 2. The highest BCUT2D eigenvalue weighted by Gasteiger charge is 2.36. The molecule has 26 heavy (non-hydrogen) atoms. The van der Waals surface area contributed by atoms with Gasteiger partial charge in [0, 0.05) is 30.3 Å². The van der Waals surface area contributed by atoms with Crippen molar-refractivity contribution in [3.8, 4) is 0 Å². The topological polar surface area (TPSA) is 88.9 Å². The first-order valence-electron chi connectivity index (χ1n) is 8.85. The van der Waals surface area contributed by atoms with Gasteiger partial charge in [0.1, 0.15) is 5.82 Å². The van der Waals surface area contributed by atoms with Crippen LogP contribution in [0.3, 0.4) is 0 Å². The van der Waals surface area contributed by atoms with Crippen LogP contribution in [-0.2, 0) is 9.59 Å². The summed E-state index contributed by atoms with van der Waals surface area (Å²) in [5.41, 5.74) is 1.40. The maximum absolute atomic E-state index is 12.2. The summed E-state index contributed by atoms with van der Waals surface area (Å²) < 4.78 is 2.25. The molecule has 0 atom stereocenters.